The Morgan fingerprint density at radius 3 is 1.83 bits per heavy atom. The van der Waals surface area contributed by atoms with Crippen LogP contribution >= 0.6 is 0 Å². The minimum absolute atomic E-state index is 0.0290. The number of aromatic nitrogens is 4. The molecule has 0 saturated heterocycles. The van der Waals surface area contributed by atoms with Crippen LogP contribution in [-0.2, 0) is 28.8 Å². The molecule has 1 aromatic heterocycles. The molecule has 0 aliphatic heterocycles. The number of amides is 1. The number of ketones is 3. The van der Waals surface area contributed by atoms with Crippen molar-refractivity contribution in [2.75, 3.05) is 19.7 Å². The lowest BCUT2D eigenvalue weighted by molar-refractivity contribution is -0.144. The molecule has 1 unspecified atom stereocenters. The molecule has 0 spiro atoms. The van der Waals surface area contributed by atoms with Crippen molar-refractivity contribution in [3.63, 3.8) is 0 Å². The number of nitrogens with two attached hydrogens (primary N) is 1. The van der Waals surface area contributed by atoms with E-state index in [-0.39, 0.29) is 56.2 Å². The van der Waals surface area contributed by atoms with E-state index in [0.29, 0.717) is 25.1 Å². The normalized spacial score (nSPS) is 12.4. The number of ether oxygens (including phenoxy) is 1. The second kappa shape index (κ2) is 29.9. The molecular formula is C48H71N7O9. The van der Waals surface area contributed by atoms with Gasteiger partial charge in [-0.3, -0.25) is 28.8 Å². The molecule has 3 aromatic rings. The Hall–Kier alpha value is -5.35. The standard InChI is InChI=1S/C48H71N7O9/c1-48(2,49)43(58)34-51-41(42(57)33-45(60)61)19-15-16-30-50-44(59)29-26-38(47(62)63)32-39(56)18-14-12-10-8-6-4-3-5-7-9-11-13-17-31-64-40-27-24-36(25-28-40)35-20-22-37(23-21-35)46-52-54-55-53-46/h20-25,27-28,38,41,51H,3-19,26,29-34,49H2,1-2H3,(H,50,59)(H,60,61)(H,62,63)(H,52,53,54,55)/t38?,41-/m0/s1. The third-order valence-corrected chi connectivity index (χ3v) is 11.3. The Morgan fingerprint density at radius 1 is 0.719 bits per heavy atom. The molecule has 0 aliphatic rings. The predicted molar refractivity (Wildman–Crippen MR) is 244 cm³/mol. The number of rotatable bonds is 37. The van der Waals surface area contributed by atoms with Gasteiger partial charge in [-0.05, 0) is 80.8 Å². The van der Waals surface area contributed by atoms with E-state index in [2.05, 4.69) is 43.4 Å². The van der Waals surface area contributed by atoms with Gasteiger partial charge in [-0.2, -0.15) is 5.21 Å². The lowest BCUT2D eigenvalue weighted by atomic mass is 9.94. The number of hydrogen-bond donors (Lipinski definition) is 6. The minimum Gasteiger partial charge on any atom is -0.494 e. The highest BCUT2D eigenvalue weighted by Crippen LogP contribution is 2.25. The second-order valence-electron chi connectivity index (χ2n) is 17.3. The Balaban J connectivity index is 1.12. The molecule has 0 radical (unpaired) electrons. The number of aromatic amines is 1. The summed E-state index contributed by atoms with van der Waals surface area (Å²) in [5.74, 6) is -3.10. The summed E-state index contributed by atoms with van der Waals surface area (Å²) in [4.78, 5) is 72.4. The molecule has 2 atom stereocenters. The van der Waals surface area contributed by atoms with Crippen molar-refractivity contribution in [1.29, 1.82) is 0 Å². The first-order valence-electron chi connectivity index (χ1n) is 23.1. The summed E-state index contributed by atoms with van der Waals surface area (Å²) in [6.45, 7) is 3.92. The van der Waals surface area contributed by atoms with Crippen molar-refractivity contribution in [2.24, 2.45) is 11.7 Å². The smallest absolute Gasteiger partial charge is 0.310 e. The Morgan fingerprint density at radius 2 is 1.28 bits per heavy atom. The van der Waals surface area contributed by atoms with Gasteiger partial charge in [-0.15, -0.1) is 10.2 Å². The van der Waals surface area contributed by atoms with Gasteiger partial charge in [0.1, 0.15) is 18.0 Å². The number of H-pyrrole nitrogens is 1. The van der Waals surface area contributed by atoms with Crippen molar-refractivity contribution < 1.29 is 43.7 Å². The number of nitrogens with one attached hydrogen (secondary N) is 3. The second-order valence-corrected chi connectivity index (χ2v) is 17.3. The third kappa shape index (κ3) is 22.3. The molecule has 16 heteroatoms. The largest absolute Gasteiger partial charge is 0.494 e. The number of carboxylic acids is 2. The van der Waals surface area contributed by atoms with Crippen LogP contribution in [0.4, 0.5) is 0 Å². The molecule has 352 valence electrons. The summed E-state index contributed by atoms with van der Waals surface area (Å²) in [5, 5.41) is 38.3. The summed E-state index contributed by atoms with van der Waals surface area (Å²) in [5.41, 5.74) is 7.84. The molecule has 0 bridgehead atoms. The minimum atomic E-state index is -1.26. The summed E-state index contributed by atoms with van der Waals surface area (Å²) in [6.07, 6.45) is 15.5. The zero-order valence-electron chi connectivity index (χ0n) is 37.9. The number of nitrogens with zero attached hydrogens (tertiary/aromatic N) is 3. The van der Waals surface area contributed by atoms with Crippen molar-refractivity contribution in [2.45, 2.75) is 160 Å². The zero-order chi connectivity index (χ0) is 46.6. The highest BCUT2D eigenvalue weighted by molar-refractivity contribution is 5.98. The third-order valence-electron chi connectivity index (χ3n) is 11.3. The number of carbonyl (C=O) groups excluding carboxylic acids is 4. The fourth-order valence-electron chi connectivity index (χ4n) is 7.28. The highest BCUT2D eigenvalue weighted by Gasteiger charge is 2.26. The Kier molecular flexibility index (Phi) is 24.8. The number of carboxylic acid groups (broad SMARTS) is 2. The molecule has 1 heterocycles. The number of hydrogen-bond acceptors (Lipinski definition) is 12. The van der Waals surface area contributed by atoms with E-state index in [1.165, 1.54) is 44.9 Å². The quantitative estimate of drug-likeness (QED) is 0.0244. The van der Waals surface area contributed by atoms with Gasteiger partial charge in [0.25, 0.3) is 0 Å². The summed E-state index contributed by atoms with van der Waals surface area (Å²) in [6, 6.07) is 15.4. The zero-order valence-corrected chi connectivity index (χ0v) is 37.9. The number of aliphatic carboxylic acids is 2. The van der Waals surface area contributed by atoms with E-state index in [1.807, 2.05) is 36.4 Å². The number of unbranched alkanes of at least 4 members (excludes halogenated alkanes) is 13. The van der Waals surface area contributed by atoms with Gasteiger partial charge in [-0.1, -0.05) is 107 Å². The Bertz CT molecular complexity index is 1850. The predicted octanol–water partition coefficient (Wildman–Crippen LogP) is 7.41. The molecule has 2 aromatic carbocycles. The van der Waals surface area contributed by atoms with Crippen LogP contribution in [0.5, 0.6) is 5.75 Å². The van der Waals surface area contributed by atoms with Crippen LogP contribution in [0.15, 0.2) is 48.5 Å². The monoisotopic (exact) mass is 890 g/mol. The average Bonchev–Trinajstić information content (AvgIpc) is 3.81. The van der Waals surface area contributed by atoms with Gasteiger partial charge in [0.15, 0.2) is 11.6 Å². The van der Waals surface area contributed by atoms with Crippen molar-refractivity contribution >= 4 is 35.2 Å². The first kappa shape index (κ1) is 53.0. The number of tetrazole rings is 1. The number of carbonyl (C=O) groups is 6. The maximum absolute atomic E-state index is 12.6. The molecule has 64 heavy (non-hydrogen) atoms. The van der Waals surface area contributed by atoms with Crippen LogP contribution < -0.4 is 21.1 Å². The molecule has 0 aliphatic carbocycles. The number of Topliss-reactive ketones (excluding diaryl/α,β-unsaturated/α-hetero) is 3. The number of benzene rings is 2. The average molecular weight is 890 g/mol. The summed E-state index contributed by atoms with van der Waals surface area (Å²) >= 11 is 0. The van der Waals surface area contributed by atoms with Gasteiger partial charge in [-0.25, -0.2) is 0 Å². The van der Waals surface area contributed by atoms with Crippen LogP contribution in [0.25, 0.3) is 22.5 Å². The molecular weight excluding hydrogens is 819 g/mol. The van der Waals surface area contributed by atoms with Gasteiger partial charge < -0.3 is 31.3 Å². The molecule has 7 N–H and O–H groups in total. The molecule has 0 saturated carbocycles. The van der Waals surface area contributed by atoms with Crippen molar-refractivity contribution in [1.82, 2.24) is 31.3 Å². The maximum atomic E-state index is 12.6. The lowest BCUT2D eigenvalue weighted by Gasteiger charge is -2.21. The van der Waals surface area contributed by atoms with Gasteiger partial charge in [0.05, 0.1) is 30.7 Å². The van der Waals surface area contributed by atoms with Gasteiger partial charge >= 0.3 is 11.9 Å². The van der Waals surface area contributed by atoms with Crippen LogP contribution in [0.3, 0.4) is 0 Å². The van der Waals surface area contributed by atoms with E-state index in [4.69, 9.17) is 15.6 Å². The fraction of sp³-hybridized carbons (Fsp3) is 0.604. The molecule has 0 fully saturated rings. The summed E-state index contributed by atoms with van der Waals surface area (Å²) in [7, 11) is 0. The van der Waals surface area contributed by atoms with Gasteiger partial charge in [0.2, 0.25) is 11.7 Å². The van der Waals surface area contributed by atoms with Crippen molar-refractivity contribution in [3.05, 3.63) is 48.5 Å². The fourth-order valence-corrected chi connectivity index (χ4v) is 7.28. The first-order chi connectivity index (χ1) is 30.7. The first-order valence-corrected chi connectivity index (χ1v) is 23.1. The molecule has 1 amide bonds. The lowest BCUT2D eigenvalue weighted by Crippen LogP contribution is -2.49. The van der Waals surface area contributed by atoms with E-state index in [0.717, 1.165) is 67.6 Å². The summed E-state index contributed by atoms with van der Waals surface area (Å²) < 4.78 is 5.97. The van der Waals surface area contributed by atoms with E-state index >= 15 is 0 Å². The SMILES string of the molecule is CC(C)(N)C(=O)CN[C@@H](CCCCNC(=O)CCC(CC(=O)CCCCCCCCCCCCCCCOc1ccc(-c2ccc(-c3nn[nH]n3)cc2)cc1)C(=O)O)C(=O)CC(=O)O. The van der Waals surface area contributed by atoms with Crippen LogP contribution in [0.2, 0.25) is 0 Å². The molecule has 16 nitrogen and oxygen atoms in total. The van der Waals surface area contributed by atoms with E-state index in [1.54, 1.807) is 13.8 Å². The maximum Gasteiger partial charge on any atom is 0.310 e. The van der Waals surface area contributed by atoms with Crippen LogP contribution in [0, 0.1) is 5.92 Å². The van der Waals surface area contributed by atoms with Gasteiger partial charge in [0, 0.05) is 31.4 Å². The van der Waals surface area contributed by atoms with Crippen LogP contribution in [0.1, 0.15) is 149 Å². The Labute approximate surface area is 377 Å². The van der Waals surface area contributed by atoms with E-state index < -0.39 is 41.6 Å². The van der Waals surface area contributed by atoms with Crippen LogP contribution in [-0.4, -0.2) is 97.3 Å². The molecule has 3 rings (SSSR count). The highest BCUT2D eigenvalue weighted by atomic mass is 16.5. The van der Waals surface area contributed by atoms with Crippen molar-refractivity contribution in [3.8, 4) is 28.3 Å². The van der Waals surface area contributed by atoms with E-state index in [9.17, 15) is 33.9 Å². The topological polar surface area (TPSA) is 257 Å².